The molecule has 136 valence electrons. The molecule has 3 heterocycles. The molecule has 0 aromatic carbocycles. The second kappa shape index (κ2) is 9.13. The number of nitrogens with one attached hydrogen (secondary N) is 1. The fourth-order valence-electron chi connectivity index (χ4n) is 3.67. The van der Waals surface area contributed by atoms with Crippen molar-refractivity contribution in [2.24, 2.45) is 5.92 Å². The minimum absolute atomic E-state index is 0. The molecule has 0 bridgehead atoms. The molecule has 0 saturated carbocycles. The standard InChI is InChI=1S/C17H28N4OS.ClH/c1-13-10-15(4-5-18-13)17(22)21-7-3-6-20(8-9-21)11-16-12-23-14(2)19-16;/h12-13,15,18H,3-11H2,1-2H3;1H/t13-,15-;/m0./s1. The van der Waals surface area contributed by atoms with Crippen LogP contribution >= 0.6 is 23.7 Å². The lowest BCUT2D eigenvalue weighted by atomic mass is 9.92. The fraction of sp³-hybridized carbons (Fsp3) is 0.765. The number of rotatable bonds is 3. The monoisotopic (exact) mass is 372 g/mol. The number of carbonyl (C=O) groups excluding carboxylic acids is 1. The van der Waals surface area contributed by atoms with E-state index in [0.717, 1.165) is 63.5 Å². The average molecular weight is 373 g/mol. The Morgan fingerprint density at radius 3 is 2.92 bits per heavy atom. The number of piperidine rings is 1. The Bertz CT molecular complexity index is 538. The number of thiazole rings is 1. The molecule has 0 unspecified atom stereocenters. The maximum absolute atomic E-state index is 12.8. The van der Waals surface area contributed by atoms with Crippen LogP contribution in [0.4, 0.5) is 0 Å². The quantitative estimate of drug-likeness (QED) is 0.884. The summed E-state index contributed by atoms with van der Waals surface area (Å²) in [6.07, 6.45) is 3.04. The van der Waals surface area contributed by atoms with Gasteiger partial charge >= 0.3 is 0 Å². The lowest BCUT2D eigenvalue weighted by Crippen LogP contribution is -2.45. The lowest BCUT2D eigenvalue weighted by Gasteiger charge is -2.31. The molecule has 7 heteroatoms. The molecule has 3 rings (SSSR count). The van der Waals surface area contributed by atoms with Gasteiger partial charge in [0, 0.05) is 50.1 Å². The predicted octanol–water partition coefficient (Wildman–Crippen LogP) is 2.30. The summed E-state index contributed by atoms with van der Waals surface area (Å²) in [5.74, 6) is 0.601. The van der Waals surface area contributed by atoms with Crippen LogP contribution in [0.5, 0.6) is 0 Å². The van der Waals surface area contributed by atoms with Crippen LogP contribution < -0.4 is 5.32 Å². The van der Waals surface area contributed by atoms with E-state index in [4.69, 9.17) is 0 Å². The molecule has 1 aromatic heterocycles. The summed E-state index contributed by atoms with van der Waals surface area (Å²) in [5, 5.41) is 6.72. The van der Waals surface area contributed by atoms with Gasteiger partial charge in [0.25, 0.3) is 0 Å². The van der Waals surface area contributed by atoms with Gasteiger partial charge in [-0.2, -0.15) is 0 Å². The maximum atomic E-state index is 12.8. The van der Waals surface area contributed by atoms with E-state index in [0.29, 0.717) is 11.9 Å². The number of amides is 1. The first-order chi connectivity index (χ1) is 11.1. The zero-order valence-corrected chi connectivity index (χ0v) is 16.3. The highest BCUT2D eigenvalue weighted by atomic mass is 35.5. The molecule has 1 amide bonds. The van der Waals surface area contributed by atoms with Crippen molar-refractivity contribution in [2.75, 3.05) is 32.7 Å². The third kappa shape index (κ3) is 5.15. The van der Waals surface area contributed by atoms with Crippen molar-refractivity contribution >= 4 is 29.7 Å². The highest BCUT2D eigenvalue weighted by Gasteiger charge is 2.29. The summed E-state index contributed by atoms with van der Waals surface area (Å²) in [4.78, 5) is 21.9. The van der Waals surface area contributed by atoms with Crippen LogP contribution in [0.3, 0.4) is 0 Å². The van der Waals surface area contributed by atoms with Crippen LogP contribution in [0, 0.1) is 12.8 Å². The van der Waals surface area contributed by atoms with Crippen molar-refractivity contribution in [2.45, 2.75) is 45.7 Å². The number of hydrogen-bond donors (Lipinski definition) is 1. The molecule has 2 aliphatic rings. The van der Waals surface area contributed by atoms with E-state index in [1.165, 1.54) is 5.69 Å². The van der Waals surface area contributed by atoms with Crippen LogP contribution in [0.1, 0.15) is 36.9 Å². The normalized spacial score (nSPS) is 25.8. The van der Waals surface area contributed by atoms with Crippen molar-refractivity contribution in [1.82, 2.24) is 20.1 Å². The number of aromatic nitrogens is 1. The van der Waals surface area contributed by atoms with Crippen LogP contribution in [0.15, 0.2) is 5.38 Å². The van der Waals surface area contributed by atoms with Crippen LogP contribution in [0.2, 0.25) is 0 Å². The number of carbonyl (C=O) groups is 1. The molecule has 0 spiro atoms. The topological polar surface area (TPSA) is 48.5 Å². The molecule has 0 aliphatic carbocycles. The largest absolute Gasteiger partial charge is 0.341 e. The third-order valence-electron chi connectivity index (χ3n) is 4.93. The number of aryl methyl sites for hydroxylation is 1. The highest BCUT2D eigenvalue weighted by molar-refractivity contribution is 7.09. The Balaban J connectivity index is 0.00000208. The Morgan fingerprint density at radius 2 is 2.21 bits per heavy atom. The Kier molecular flexibility index (Phi) is 7.47. The Hall–Kier alpha value is -0.690. The first-order valence-electron chi connectivity index (χ1n) is 8.77. The molecular formula is C17H29ClN4OS. The van der Waals surface area contributed by atoms with E-state index in [2.05, 4.69) is 39.3 Å². The van der Waals surface area contributed by atoms with Crippen LogP contribution in [0.25, 0.3) is 0 Å². The van der Waals surface area contributed by atoms with E-state index in [1.807, 2.05) is 0 Å². The van der Waals surface area contributed by atoms with Crippen molar-refractivity contribution in [3.8, 4) is 0 Å². The zero-order valence-electron chi connectivity index (χ0n) is 14.7. The van der Waals surface area contributed by atoms with Crippen molar-refractivity contribution in [3.05, 3.63) is 16.1 Å². The van der Waals surface area contributed by atoms with Gasteiger partial charge in [0.2, 0.25) is 5.91 Å². The molecule has 1 N–H and O–H groups in total. The minimum Gasteiger partial charge on any atom is -0.341 e. The van der Waals surface area contributed by atoms with Gasteiger partial charge in [-0.25, -0.2) is 4.98 Å². The summed E-state index contributed by atoms with van der Waals surface area (Å²) in [5.41, 5.74) is 1.17. The van der Waals surface area contributed by atoms with Crippen LogP contribution in [-0.2, 0) is 11.3 Å². The molecule has 5 nitrogen and oxygen atoms in total. The molecule has 2 fully saturated rings. The molecule has 1 aromatic rings. The molecule has 24 heavy (non-hydrogen) atoms. The first-order valence-corrected chi connectivity index (χ1v) is 9.65. The summed E-state index contributed by atoms with van der Waals surface area (Å²) in [6.45, 7) is 9.91. The molecule has 2 aliphatic heterocycles. The number of nitrogens with zero attached hydrogens (tertiary/aromatic N) is 3. The summed E-state index contributed by atoms with van der Waals surface area (Å²) < 4.78 is 0. The SMILES string of the molecule is Cc1nc(CN2CCCN(C(=O)[C@H]3CCN[C@@H](C)C3)CC2)cs1.Cl. The summed E-state index contributed by atoms with van der Waals surface area (Å²) >= 11 is 1.71. The van der Waals surface area contributed by atoms with Gasteiger partial charge in [-0.1, -0.05) is 0 Å². The maximum Gasteiger partial charge on any atom is 0.225 e. The highest BCUT2D eigenvalue weighted by Crippen LogP contribution is 2.20. The molecule has 2 saturated heterocycles. The Morgan fingerprint density at radius 1 is 1.38 bits per heavy atom. The van der Waals surface area contributed by atoms with Crippen molar-refractivity contribution in [1.29, 1.82) is 0 Å². The van der Waals surface area contributed by atoms with Crippen LogP contribution in [-0.4, -0.2) is 59.5 Å². The number of halogens is 1. The van der Waals surface area contributed by atoms with E-state index < -0.39 is 0 Å². The molecule has 0 radical (unpaired) electrons. The van der Waals surface area contributed by atoms with Gasteiger partial charge in [0.15, 0.2) is 0 Å². The van der Waals surface area contributed by atoms with E-state index in [1.54, 1.807) is 11.3 Å². The van der Waals surface area contributed by atoms with Crippen molar-refractivity contribution in [3.63, 3.8) is 0 Å². The zero-order chi connectivity index (χ0) is 16.2. The smallest absolute Gasteiger partial charge is 0.225 e. The van der Waals surface area contributed by atoms with E-state index >= 15 is 0 Å². The van der Waals surface area contributed by atoms with Gasteiger partial charge in [-0.15, -0.1) is 23.7 Å². The number of hydrogen-bond acceptors (Lipinski definition) is 5. The summed E-state index contributed by atoms with van der Waals surface area (Å²) in [7, 11) is 0. The van der Waals surface area contributed by atoms with Crippen molar-refractivity contribution < 1.29 is 4.79 Å². The first kappa shape index (κ1) is 19.6. The molecular weight excluding hydrogens is 344 g/mol. The average Bonchev–Trinajstić information content (AvgIpc) is 2.80. The molecule has 2 atom stereocenters. The van der Waals surface area contributed by atoms with Gasteiger partial charge in [0.1, 0.15) is 0 Å². The van der Waals surface area contributed by atoms with Gasteiger partial charge < -0.3 is 10.2 Å². The Labute approximate surface area is 155 Å². The van der Waals surface area contributed by atoms with Gasteiger partial charge in [-0.05, 0) is 39.7 Å². The fourth-order valence-corrected chi connectivity index (χ4v) is 4.28. The van der Waals surface area contributed by atoms with Gasteiger partial charge in [0.05, 0.1) is 10.7 Å². The summed E-state index contributed by atoms with van der Waals surface area (Å²) in [6, 6.07) is 0.467. The second-order valence-electron chi connectivity index (χ2n) is 6.89. The minimum atomic E-state index is 0. The predicted molar refractivity (Wildman–Crippen MR) is 101 cm³/mol. The second-order valence-corrected chi connectivity index (χ2v) is 7.95. The third-order valence-corrected chi connectivity index (χ3v) is 5.75. The van der Waals surface area contributed by atoms with E-state index in [9.17, 15) is 4.79 Å². The lowest BCUT2D eigenvalue weighted by molar-refractivity contribution is -0.136. The van der Waals surface area contributed by atoms with E-state index in [-0.39, 0.29) is 18.3 Å². The van der Waals surface area contributed by atoms with Gasteiger partial charge in [-0.3, -0.25) is 9.69 Å².